The van der Waals surface area contributed by atoms with Gasteiger partial charge >= 0.3 is 0 Å². The summed E-state index contributed by atoms with van der Waals surface area (Å²) in [5.41, 5.74) is 5.78. The van der Waals surface area contributed by atoms with Crippen molar-refractivity contribution in [3.8, 4) is 0 Å². The fraction of sp³-hybridized carbons (Fsp3) is 0.938. The van der Waals surface area contributed by atoms with Crippen LogP contribution in [0.15, 0.2) is 0 Å². The molecular weight excluding hydrogens is 236 g/mol. The predicted octanol–water partition coefficient (Wildman–Crippen LogP) is 3.23. The van der Waals surface area contributed by atoms with E-state index in [1.54, 1.807) is 0 Å². The summed E-state index contributed by atoms with van der Waals surface area (Å²) in [6.07, 6.45) is 9.17. The normalized spacial score (nSPS) is 18.5. The van der Waals surface area contributed by atoms with Gasteiger partial charge in [-0.2, -0.15) is 0 Å². The zero-order valence-electron chi connectivity index (χ0n) is 13.1. The molecule has 0 heterocycles. The van der Waals surface area contributed by atoms with E-state index < -0.39 is 0 Å². The highest BCUT2D eigenvalue weighted by atomic mass is 16.2. The van der Waals surface area contributed by atoms with E-state index in [2.05, 4.69) is 26.1 Å². The number of carbonyl (C=O) groups is 1. The first-order valence-corrected chi connectivity index (χ1v) is 7.94. The molecule has 0 atom stereocenters. The Kier molecular flexibility index (Phi) is 6.31. The summed E-state index contributed by atoms with van der Waals surface area (Å²) in [6.45, 7) is 7.98. The van der Waals surface area contributed by atoms with E-state index in [-0.39, 0.29) is 16.7 Å². The van der Waals surface area contributed by atoms with Crippen molar-refractivity contribution < 1.29 is 4.79 Å². The molecule has 1 amide bonds. The van der Waals surface area contributed by atoms with Gasteiger partial charge < -0.3 is 11.1 Å². The monoisotopic (exact) mass is 268 g/mol. The zero-order valence-corrected chi connectivity index (χ0v) is 13.1. The second-order valence-electron chi connectivity index (χ2n) is 7.00. The minimum Gasteiger partial charge on any atom is -0.355 e. The Morgan fingerprint density at radius 3 is 2.42 bits per heavy atom. The van der Waals surface area contributed by atoms with Crippen molar-refractivity contribution in [3.05, 3.63) is 0 Å². The van der Waals surface area contributed by atoms with Gasteiger partial charge in [0.05, 0.1) is 5.41 Å². The molecule has 0 aromatic carbocycles. The molecule has 0 radical (unpaired) electrons. The second-order valence-corrected chi connectivity index (χ2v) is 7.00. The van der Waals surface area contributed by atoms with Crippen LogP contribution >= 0.6 is 0 Å². The minimum atomic E-state index is -0.264. The van der Waals surface area contributed by atoms with Gasteiger partial charge in [-0.15, -0.1) is 0 Å². The largest absolute Gasteiger partial charge is 0.355 e. The first-order chi connectivity index (χ1) is 8.96. The van der Waals surface area contributed by atoms with Crippen molar-refractivity contribution >= 4 is 5.91 Å². The van der Waals surface area contributed by atoms with Crippen LogP contribution in [0.3, 0.4) is 0 Å². The SMILES string of the molecule is CCCCCC(C)(C)CNC(=O)C1(CN)CCCC1. The lowest BCUT2D eigenvalue weighted by molar-refractivity contribution is -0.130. The third-order valence-corrected chi connectivity index (χ3v) is 4.62. The van der Waals surface area contributed by atoms with Crippen molar-refractivity contribution in [3.63, 3.8) is 0 Å². The summed E-state index contributed by atoms with van der Waals surface area (Å²) in [5, 5.41) is 3.16. The Morgan fingerprint density at radius 2 is 1.89 bits per heavy atom. The molecule has 1 fully saturated rings. The highest BCUT2D eigenvalue weighted by Gasteiger charge is 2.40. The van der Waals surface area contributed by atoms with Crippen molar-refractivity contribution in [2.75, 3.05) is 13.1 Å². The molecule has 0 aromatic heterocycles. The molecule has 0 aromatic rings. The highest BCUT2D eigenvalue weighted by Crippen LogP contribution is 2.37. The summed E-state index contributed by atoms with van der Waals surface area (Å²) in [7, 11) is 0. The molecule has 0 bridgehead atoms. The smallest absolute Gasteiger partial charge is 0.227 e. The first kappa shape index (κ1) is 16.5. The van der Waals surface area contributed by atoms with Gasteiger partial charge in [0.2, 0.25) is 5.91 Å². The molecule has 19 heavy (non-hydrogen) atoms. The fourth-order valence-electron chi connectivity index (χ4n) is 3.02. The number of hydrogen-bond donors (Lipinski definition) is 2. The van der Waals surface area contributed by atoms with Gasteiger partial charge in [-0.1, -0.05) is 52.9 Å². The molecule has 1 aliphatic carbocycles. The molecule has 3 nitrogen and oxygen atoms in total. The van der Waals surface area contributed by atoms with Crippen LogP contribution in [-0.4, -0.2) is 19.0 Å². The quantitative estimate of drug-likeness (QED) is 0.664. The maximum atomic E-state index is 12.4. The Hall–Kier alpha value is -0.570. The number of rotatable bonds is 8. The van der Waals surface area contributed by atoms with Crippen LogP contribution in [-0.2, 0) is 4.79 Å². The number of nitrogens with one attached hydrogen (secondary N) is 1. The predicted molar refractivity (Wildman–Crippen MR) is 80.9 cm³/mol. The van der Waals surface area contributed by atoms with Crippen LogP contribution in [0.25, 0.3) is 0 Å². The molecule has 0 saturated heterocycles. The molecule has 0 aliphatic heterocycles. The first-order valence-electron chi connectivity index (χ1n) is 7.94. The number of amides is 1. The Labute approximate surface area is 118 Å². The number of unbranched alkanes of at least 4 members (excludes halogenated alkanes) is 2. The van der Waals surface area contributed by atoms with Crippen molar-refractivity contribution in [2.45, 2.75) is 72.1 Å². The van der Waals surface area contributed by atoms with E-state index >= 15 is 0 Å². The topological polar surface area (TPSA) is 55.1 Å². The molecule has 0 unspecified atom stereocenters. The number of nitrogens with two attached hydrogens (primary N) is 1. The molecule has 1 saturated carbocycles. The summed E-state index contributed by atoms with van der Waals surface area (Å²) in [4.78, 5) is 12.4. The molecule has 1 rings (SSSR count). The van der Waals surface area contributed by atoms with Gasteiger partial charge in [-0.25, -0.2) is 0 Å². The number of hydrogen-bond acceptors (Lipinski definition) is 2. The lowest BCUT2D eigenvalue weighted by Crippen LogP contribution is -2.46. The zero-order chi connectivity index (χ0) is 14.4. The van der Waals surface area contributed by atoms with Gasteiger partial charge in [0.15, 0.2) is 0 Å². The molecule has 1 aliphatic rings. The number of carbonyl (C=O) groups excluding carboxylic acids is 1. The van der Waals surface area contributed by atoms with E-state index in [1.807, 2.05) is 0 Å². The summed E-state index contributed by atoms with van der Waals surface area (Å²) in [5.74, 6) is 0.191. The average Bonchev–Trinajstić information content (AvgIpc) is 2.86. The Morgan fingerprint density at radius 1 is 1.26 bits per heavy atom. The molecule has 3 heteroatoms. The average molecular weight is 268 g/mol. The van der Waals surface area contributed by atoms with Gasteiger partial charge in [-0.05, 0) is 24.7 Å². The molecular formula is C16H32N2O. The van der Waals surface area contributed by atoms with Crippen molar-refractivity contribution in [2.24, 2.45) is 16.6 Å². The summed E-state index contributed by atoms with van der Waals surface area (Å²) >= 11 is 0. The Bertz CT molecular complexity index is 280. The van der Waals surface area contributed by atoms with E-state index in [4.69, 9.17) is 5.73 Å². The lowest BCUT2D eigenvalue weighted by Gasteiger charge is -2.30. The third-order valence-electron chi connectivity index (χ3n) is 4.62. The maximum Gasteiger partial charge on any atom is 0.227 e. The van der Waals surface area contributed by atoms with E-state index in [0.29, 0.717) is 6.54 Å². The second kappa shape index (κ2) is 7.28. The summed E-state index contributed by atoms with van der Waals surface area (Å²) < 4.78 is 0. The van der Waals surface area contributed by atoms with E-state index in [0.717, 1.165) is 32.2 Å². The van der Waals surface area contributed by atoms with Crippen molar-refractivity contribution in [1.82, 2.24) is 5.32 Å². The van der Waals surface area contributed by atoms with Crippen LogP contribution < -0.4 is 11.1 Å². The standard InChI is InChI=1S/C16H32N2O/c1-4-5-6-9-15(2,3)13-18-14(19)16(12-17)10-7-8-11-16/h4-13,17H2,1-3H3,(H,18,19). The van der Waals surface area contributed by atoms with E-state index in [9.17, 15) is 4.79 Å². The molecule has 112 valence electrons. The van der Waals surface area contributed by atoms with Crippen molar-refractivity contribution in [1.29, 1.82) is 0 Å². The lowest BCUT2D eigenvalue weighted by atomic mass is 9.83. The summed E-state index contributed by atoms with van der Waals surface area (Å²) in [6, 6.07) is 0. The third kappa shape index (κ3) is 4.79. The van der Waals surface area contributed by atoms with E-state index in [1.165, 1.54) is 25.7 Å². The van der Waals surface area contributed by atoms with Crippen LogP contribution in [0.5, 0.6) is 0 Å². The molecule has 0 spiro atoms. The van der Waals surface area contributed by atoms with Crippen LogP contribution in [0.4, 0.5) is 0 Å². The minimum absolute atomic E-state index is 0.191. The van der Waals surface area contributed by atoms with Gasteiger partial charge in [0.1, 0.15) is 0 Å². The van der Waals surface area contributed by atoms with Gasteiger partial charge in [-0.3, -0.25) is 4.79 Å². The van der Waals surface area contributed by atoms with Crippen LogP contribution in [0.1, 0.15) is 72.1 Å². The molecule has 3 N–H and O–H groups in total. The Balaban J connectivity index is 2.40. The van der Waals surface area contributed by atoms with Gasteiger partial charge in [0.25, 0.3) is 0 Å². The van der Waals surface area contributed by atoms with Gasteiger partial charge in [0, 0.05) is 13.1 Å². The van der Waals surface area contributed by atoms with Crippen LogP contribution in [0, 0.1) is 10.8 Å². The highest BCUT2D eigenvalue weighted by molar-refractivity contribution is 5.83. The van der Waals surface area contributed by atoms with Crippen LogP contribution in [0.2, 0.25) is 0 Å². The fourth-order valence-corrected chi connectivity index (χ4v) is 3.02. The maximum absolute atomic E-state index is 12.4.